The SMILES string of the molecule is CS(=O)(=O)N1C[C@@H]2c3nc(NCC4CC4)ncc3CS(=O)(=O)[C@@H]2C1. The lowest BCUT2D eigenvalue weighted by Crippen LogP contribution is -2.35. The van der Waals surface area contributed by atoms with Gasteiger partial charge in [-0.05, 0) is 18.8 Å². The average molecular weight is 372 g/mol. The molecule has 8 nitrogen and oxygen atoms in total. The maximum absolute atomic E-state index is 12.5. The highest BCUT2D eigenvalue weighted by molar-refractivity contribution is 7.91. The highest BCUT2D eigenvalue weighted by atomic mass is 32.2. The second-order valence-corrected chi connectivity index (χ2v) is 11.2. The number of hydrogen-bond acceptors (Lipinski definition) is 7. The molecule has 0 radical (unpaired) electrons. The minimum Gasteiger partial charge on any atom is -0.354 e. The minimum atomic E-state index is -3.43. The lowest BCUT2D eigenvalue weighted by molar-refractivity contribution is 0.477. The largest absolute Gasteiger partial charge is 0.354 e. The summed E-state index contributed by atoms with van der Waals surface area (Å²) in [6.07, 6.45) is 5.10. The number of aromatic nitrogens is 2. The molecule has 1 aromatic heterocycles. The molecule has 1 aromatic rings. The second-order valence-electron chi connectivity index (χ2n) is 6.96. The maximum atomic E-state index is 12.5. The number of nitrogens with zero attached hydrogens (tertiary/aromatic N) is 3. The molecule has 2 aliphatic heterocycles. The number of sulfone groups is 1. The van der Waals surface area contributed by atoms with Crippen LogP contribution >= 0.6 is 0 Å². The van der Waals surface area contributed by atoms with E-state index >= 15 is 0 Å². The molecule has 2 atom stereocenters. The Labute approximate surface area is 141 Å². The van der Waals surface area contributed by atoms with Gasteiger partial charge in [-0.2, -0.15) is 0 Å². The van der Waals surface area contributed by atoms with Crippen LogP contribution in [-0.2, 0) is 25.6 Å². The molecule has 10 heteroatoms. The second kappa shape index (κ2) is 5.37. The van der Waals surface area contributed by atoms with Gasteiger partial charge in [0.25, 0.3) is 0 Å². The number of nitrogens with one attached hydrogen (secondary N) is 1. The monoisotopic (exact) mass is 372 g/mol. The van der Waals surface area contributed by atoms with Gasteiger partial charge in [0.1, 0.15) is 0 Å². The lowest BCUT2D eigenvalue weighted by atomic mass is 10.00. The topological polar surface area (TPSA) is 109 Å². The van der Waals surface area contributed by atoms with Crippen molar-refractivity contribution in [3.63, 3.8) is 0 Å². The molecule has 1 aliphatic carbocycles. The maximum Gasteiger partial charge on any atom is 0.222 e. The Morgan fingerprint density at radius 1 is 1.33 bits per heavy atom. The van der Waals surface area contributed by atoms with E-state index in [0.29, 0.717) is 23.1 Å². The quantitative estimate of drug-likeness (QED) is 0.789. The first-order valence-corrected chi connectivity index (χ1v) is 11.6. The van der Waals surface area contributed by atoms with E-state index < -0.39 is 31.0 Å². The van der Waals surface area contributed by atoms with Crippen molar-refractivity contribution >= 4 is 25.8 Å². The zero-order chi connectivity index (χ0) is 17.1. The summed E-state index contributed by atoms with van der Waals surface area (Å²) in [6.45, 7) is 0.996. The molecule has 0 bridgehead atoms. The molecule has 0 spiro atoms. The normalized spacial score (nSPS) is 29.0. The molecule has 0 amide bonds. The summed E-state index contributed by atoms with van der Waals surface area (Å²) < 4.78 is 49.9. The van der Waals surface area contributed by atoms with E-state index in [0.717, 1.165) is 12.8 Å². The highest BCUT2D eigenvalue weighted by Crippen LogP contribution is 2.40. The zero-order valence-corrected chi connectivity index (χ0v) is 15.0. The van der Waals surface area contributed by atoms with Gasteiger partial charge in [-0.25, -0.2) is 31.1 Å². The Morgan fingerprint density at radius 3 is 2.75 bits per heavy atom. The Kier molecular flexibility index (Phi) is 3.63. The molecule has 24 heavy (non-hydrogen) atoms. The molecule has 1 saturated heterocycles. The Bertz CT molecular complexity index is 880. The van der Waals surface area contributed by atoms with Crippen LogP contribution in [0.4, 0.5) is 5.95 Å². The van der Waals surface area contributed by atoms with E-state index in [2.05, 4.69) is 15.3 Å². The van der Waals surface area contributed by atoms with Crippen LogP contribution in [0.2, 0.25) is 0 Å². The number of sulfonamides is 1. The Morgan fingerprint density at radius 2 is 2.08 bits per heavy atom. The molecule has 2 fully saturated rings. The fourth-order valence-electron chi connectivity index (χ4n) is 3.46. The van der Waals surface area contributed by atoms with Crippen molar-refractivity contribution in [2.75, 3.05) is 31.2 Å². The average Bonchev–Trinajstić information content (AvgIpc) is 3.18. The third-order valence-corrected chi connectivity index (χ3v) is 8.36. The molecule has 0 aromatic carbocycles. The van der Waals surface area contributed by atoms with Crippen LogP contribution in [0.15, 0.2) is 6.20 Å². The van der Waals surface area contributed by atoms with Gasteiger partial charge >= 0.3 is 0 Å². The molecule has 3 heterocycles. The third-order valence-electron chi connectivity index (χ3n) is 5.01. The van der Waals surface area contributed by atoms with Crippen LogP contribution in [0.1, 0.15) is 30.0 Å². The van der Waals surface area contributed by atoms with Crippen molar-refractivity contribution in [1.29, 1.82) is 0 Å². The van der Waals surface area contributed by atoms with Crippen molar-refractivity contribution in [3.8, 4) is 0 Å². The first-order chi connectivity index (χ1) is 11.2. The van der Waals surface area contributed by atoms with Crippen molar-refractivity contribution in [1.82, 2.24) is 14.3 Å². The summed E-state index contributed by atoms with van der Waals surface area (Å²) in [5.41, 5.74) is 1.26. The molecule has 3 aliphatic rings. The summed E-state index contributed by atoms with van der Waals surface area (Å²) in [4.78, 5) is 8.75. The van der Waals surface area contributed by atoms with Gasteiger partial charge in [0.05, 0.1) is 23.0 Å². The summed E-state index contributed by atoms with van der Waals surface area (Å²) >= 11 is 0. The summed E-state index contributed by atoms with van der Waals surface area (Å²) in [5, 5.41) is 2.48. The van der Waals surface area contributed by atoms with E-state index in [4.69, 9.17) is 0 Å². The van der Waals surface area contributed by atoms with E-state index in [1.807, 2.05) is 0 Å². The molecule has 1 saturated carbocycles. The van der Waals surface area contributed by atoms with Crippen LogP contribution < -0.4 is 5.32 Å². The molecule has 4 rings (SSSR count). The molecular formula is C14H20N4O4S2. The van der Waals surface area contributed by atoms with Gasteiger partial charge in [-0.3, -0.25) is 0 Å². The van der Waals surface area contributed by atoms with E-state index in [1.165, 1.54) is 17.1 Å². The van der Waals surface area contributed by atoms with Gasteiger partial charge in [0.15, 0.2) is 9.84 Å². The number of anilines is 1. The van der Waals surface area contributed by atoms with Crippen molar-refractivity contribution in [2.24, 2.45) is 5.92 Å². The van der Waals surface area contributed by atoms with Gasteiger partial charge in [-0.1, -0.05) is 0 Å². The fraction of sp³-hybridized carbons (Fsp3) is 0.714. The van der Waals surface area contributed by atoms with Crippen LogP contribution in [0.5, 0.6) is 0 Å². The molecule has 0 unspecified atom stereocenters. The number of hydrogen-bond donors (Lipinski definition) is 1. The molecular weight excluding hydrogens is 352 g/mol. The fourth-order valence-corrected chi connectivity index (χ4v) is 6.41. The van der Waals surface area contributed by atoms with Crippen molar-refractivity contribution < 1.29 is 16.8 Å². The zero-order valence-electron chi connectivity index (χ0n) is 13.3. The first-order valence-electron chi connectivity index (χ1n) is 8.00. The standard InChI is InChI=1S/C14H20N4O4S2/c1-23(19,20)18-6-11-12(7-18)24(21,22)8-10-5-16-14(17-13(10)11)15-4-9-2-3-9/h5,9,11-12H,2-4,6-8H2,1H3,(H,15,16,17)/t11-,12+/m0/s1. The van der Waals surface area contributed by atoms with Gasteiger partial charge < -0.3 is 5.32 Å². The van der Waals surface area contributed by atoms with Crippen LogP contribution in [-0.4, -0.2) is 62.2 Å². The van der Waals surface area contributed by atoms with E-state index in [1.54, 1.807) is 6.20 Å². The van der Waals surface area contributed by atoms with E-state index in [9.17, 15) is 16.8 Å². The van der Waals surface area contributed by atoms with Crippen molar-refractivity contribution in [3.05, 3.63) is 17.5 Å². The molecule has 1 N–H and O–H groups in total. The summed E-state index contributed by atoms with van der Waals surface area (Å²) in [5.74, 6) is 0.628. The minimum absolute atomic E-state index is 0.0140. The predicted molar refractivity (Wildman–Crippen MR) is 88.8 cm³/mol. The van der Waals surface area contributed by atoms with Crippen molar-refractivity contribution in [2.45, 2.75) is 29.8 Å². The highest BCUT2D eigenvalue weighted by Gasteiger charge is 2.49. The first kappa shape index (κ1) is 16.2. The summed E-state index contributed by atoms with van der Waals surface area (Å²) in [6, 6.07) is 0. The number of fused-ring (bicyclic) bond motifs is 3. The number of rotatable bonds is 4. The van der Waals surface area contributed by atoms with Gasteiger partial charge in [0.2, 0.25) is 16.0 Å². The Hall–Kier alpha value is -1.26. The molecule has 132 valence electrons. The van der Waals surface area contributed by atoms with Crippen LogP contribution in [0, 0.1) is 5.92 Å². The van der Waals surface area contributed by atoms with Gasteiger partial charge in [0, 0.05) is 37.3 Å². The smallest absolute Gasteiger partial charge is 0.222 e. The van der Waals surface area contributed by atoms with E-state index in [-0.39, 0.29) is 18.8 Å². The van der Waals surface area contributed by atoms with Crippen LogP contribution in [0.25, 0.3) is 0 Å². The van der Waals surface area contributed by atoms with Gasteiger partial charge in [-0.15, -0.1) is 0 Å². The summed E-state index contributed by atoms with van der Waals surface area (Å²) in [7, 11) is -6.83. The third kappa shape index (κ3) is 2.91. The predicted octanol–water partition coefficient (Wildman–Crippen LogP) is -0.0457. The Balaban J connectivity index is 1.68. The van der Waals surface area contributed by atoms with Crippen LogP contribution in [0.3, 0.4) is 0 Å². The lowest BCUT2D eigenvalue weighted by Gasteiger charge is -2.26.